The molecule has 0 amide bonds. The van der Waals surface area contributed by atoms with Gasteiger partial charge in [0.1, 0.15) is 24.0 Å². The first-order valence-corrected chi connectivity index (χ1v) is 6.44. The van der Waals surface area contributed by atoms with Crippen molar-refractivity contribution in [2.45, 2.75) is 6.61 Å². The highest BCUT2D eigenvalue weighted by atomic mass is 19.1. The molecule has 0 atom stereocenters. The predicted octanol–water partition coefficient (Wildman–Crippen LogP) is 2.15. The number of aromatic nitrogens is 1. The fourth-order valence-electron chi connectivity index (χ4n) is 2.05. The van der Waals surface area contributed by atoms with Crippen molar-refractivity contribution in [3.63, 3.8) is 0 Å². The predicted molar refractivity (Wildman–Crippen MR) is 74.4 cm³/mol. The third-order valence-electron chi connectivity index (χ3n) is 2.99. The van der Waals surface area contributed by atoms with Crippen LogP contribution < -0.4 is 10.1 Å². The molecule has 0 saturated heterocycles. The lowest BCUT2D eigenvalue weighted by Crippen LogP contribution is -2.21. The van der Waals surface area contributed by atoms with Crippen molar-refractivity contribution in [1.82, 2.24) is 10.3 Å². The standard InChI is InChI=1S/C15H14FN3O/c16-12-5-3-6-13(14(12)15-18-8-9-19-15)20-10-11-4-1-2-7-17-11/h1-7H,8-10H2,(H,18,19). The molecule has 1 aliphatic rings. The summed E-state index contributed by atoms with van der Waals surface area (Å²) in [6.45, 7) is 1.68. The smallest absolute Gasteiger partial charge is 0.137 e. The number of nitrogens with one attached hydrogen (secondary N) is 1. The van der Waals surface area contributed by atoms with Crippen LogP contribution in [0.1, 0.15) is 11.3 Å². The molecule has 0 fully saturated rings. The van der Waals surface area contributed by atoms with Gasteiger partial charge in [-0.05, 0) is 24.3 Å². The normalized spacial score (nSPS) is 13.8. The zero-order valence-corrected chi connectivity index (χ0v) is 10.8. The Morgan fingerprint density at radius 3 is 2.90 bits per heavy atom. The van der Waals surface area contributed by atoms with Gasteiger partial charge in [-0.15, -0.1) is 0 Å². The van der Waals surface area contributed by atoms with Crippen LogP contribution in [-0.4, -0.2) is 23.9 Å². The first-order chi connectivity index (χ1) is 9.84. The highest BCUT2D eigenvalue weighted by Crippen LogP contribution is 2.23. The second kappa shape index (κ2) is 5.69. The van der Waals surface area contributed by atoms with Gasteiger partial charge in [0, 0.05) is 12.7 Å². The molecule has 0 spiro atoms. The number of amidine groups is 1. The zero-order valence-electron chi connectivity index (χ0n) is 10.8. The van der Waals surface area contributed by atoms with Crippen molar-refractivity contribution in [1.29, 1.82) is 0 Å². The van der Waals surface area contributed by atoms with E-state index in [0.717, 1.165) is 12.2 Å². The van der Waals surface area contributed by atoms with Crippen LogP contribution in [0.15, 0.2) is 47.6 Å². The van der Waals surface area contributed by atoms with Crippen LogP contribution in [0.3, 0.4) is 0 Å². The van der Waals surface area contributed by atoms with E-state index in [-0.39, 0.29) is 5.82 Å². The van der Waals surface area contributed by atoms with E-state index < -0.39 is 0 Å². The number of hydrogen-bond donors (Lipinski definition) is 1. The number of halogens is 1. The maximum atomic E-state index is 14.0. The Kier molecular flexibility index (Phi) is 3.58. The number of aliphatic imine (C=N–C) groups is 1. The van der Waals surface area contributed by atoms with Crippen molar-refractivity contribution in [3.05, 3.63) is 59.7 Å². The third-order valence-corrected chi connectivity index (χ3v) is 2.99. The van der Waals surface area contributed by atoms with E-state index in [1.165, 1.54) is 6.07 Å². The second-order valence-corrected chi connectivity index (χ2v) is 4.38. The number of ether oxygens (including phenoxy) is 1. The Bertz CT molecular complexity index is 628. The summed E-state index contributed by atoms with van der Waals surface area (Å²) in [4.78, 5) is 8.43. The fraction of sp³-hybridized carbons (Fsp3) is 0.200. The summed E-state index contributed by atoms with van der Waals surface area (Å²) < 4.78 is 19.7. The Labute approximate surface area is 116 Å². The average Bonchev–Trinajstić information content (AvgIpc) is 3.00. The molecule has 0 aliphatic carbocycles. The molecule has 102 valence electrons. The van der Waals surface area contributed by atoms with E-state index >= 15 is 0 Å². The SMILES string of the molecule is Fc1cccc(OCc2ccccn2)c1C1=NCCN1. The molecule has 1 aromatic carbocycles. The lowest BCUT2D eigenvalue weighted by atomic mass is 10.1. The van der Waals surface area contributed by atoms with E-state index in [2.05, 4.69) is 15.3 Å². The molecule has 2 aromatic rings. The van der Waals surface area contributed by atoms with Crippen molar-refractivity contribution in [2.24, 2.45) is 4.99 Å². The van der Waals surface area contributed by atoms with E-state index in [1.54, 1.807) is 18.3 Å². The lowest BCUT2D eigenvalue weighted by Gasteiger charge is -2.12. The highest BCUT2D eigenvalue weighted by Gasteiger charge is 2.18. The molecule has 0 radical (unpaired) electrons. The minimum atomic E-state index is -0.336. The number of benzene rings is 1. The van der Waals surface area contributed by atoms with Gasteiger partial charge in [-0.2, -0.15) is 0 Å². The summed E-state index contributed by atoms with van der Waals surface area (Å²) in [5.74, 6) is 0.694. The number of nitrogens with zero attached hydrogens (tertiary/aromatic N) is 2. The van der Waals surface area contributed by atoms with Crippen LogP contribution in [0.25, 0.3) is 0 Å². The van der Waals surface area contributed by atoms with Crippen molar-refractivity contribution in [2.75, 3.05) is 13.1 Å². The Morgan fingerprint density at radius 2 is 2.15 bits per heavy atom. The van der Waals surface area contributed by atoms with Gasteiger partial charge in [-0.3, -0.25) is 9.98 Å². The zero-order chi connectivity index (χ0) is 13.8. The van der Waals surface area contributed by atoms with Crippen LogP contribution >= 0.6 is 0 Å². The molecule has 0 unspecified atom stereocenters. The minimum Gasteiger partial charge on any atom is -0.486 e. The molecule has 5 heteroatoms. The van der Waals surface area contributed by atoms with Gasteiger partial charge in [-0.1, -0.05) is 12.1 Å². The van der Waals surface area contributed by atoms with Crippen LogP contribution in [0.5, 0.6) is 5.75 Å². The lowest BCUT2D eigenvalue weighted by molar-refractivity contribution is 0.299. The van der Waals surface area contributed by atoms with E-state index in [9.17, 15) is 4.39 Å². The molecule has 0 bridgehead atoms. The van der Waals surface area contributed by atoms with Gasteiger partial charge in [0.2, 0.25) is 0 Å². The first-order valence-electron chi connectivity index (χ1n) is 6.44. The van der Waals surface area contributed by atoms with Gasteiger partial charge in [0.05, 0.1) is 17.8 Å². The van der Waals surface area contributed by atoms with Crippen molar-refractivity contribution in [3.8, 4) is 5.75 Å². The summed E-state index contributed by atoms with van der Waals surface area (Å²) in [6.07, 6.45) is 1.70. The van der Waals surface area contributed by atoms with Crippen LogP contribution in [0, 0.1) is 5.82 Å². The Hall–Kier alpha value is -2.43. The Morgan fingerprint density at radius 1 is 1.20 bits per heavy atom. The van der Waals surface area contributed by atoms with Crippen LogP contribution in [0.4, 0.5) is 4.39 Å². The van der Waals surface area contributed by atoms with Crippen LogP contribution in [0.2, 0.25) is 0 Å². The summed E-state index contributed by atoms with van der Waals surface area (Å²) in [6, 6.07) is 10.4. The quantitative estimate of drug-likeness (QED) is 0.926. The van der Waals surface area contributed by atoms with Crippen molar-refractivity contribution < 1.29 is 9.13 Å². The van der Waals surface area contributed by atoms with E-state index in [4.69, 9.17) is 4.74 Å². The largest absolute Gasteiger partial charge is 0.486 e. The number of pyridine rings is 1. The molecule has 20 heavy (non-hydrogen) atoms. The molecule has 4 nitrogen and oxygen atoms in total. The van der Waals surface area contributed by atoms with Crippen LogP contribution in [-0.2, 0) is 6.61 Å². The van der Waals surface area contributed by atoms with Gasteiger partial charge in [0.25, 0.3) is 0 Å². The van der Waals surface area contributed by atoms with Gasteiger partial charge < -0.3 is 10.1 Å². The topological polar surface area (TPSA) is 46.5 Å². The molecular formula is C15H14FN3O. The summed E-state index contributed by atoms with van der Waals surface area (Å²) in [5.41, 5.74) is 1.19. The maximum absolute atomic E-state index is 14.0. The highest BCUT2D eigenvalue weighted by molar-refractivity contribution is 6.02. The minimum absolute atomic E-state index is 0.296. The number of rotatable bonds is 4. The molecule has 1 aromatic heterocycles. The third kappa shape index (κ3) is 2.61. The first kappa shape index (κ1) is 12.6. The maximum Gasteiger partial charge on any atom is 0.137 e. The monoisotopic (exact) mass is 271 g/mol. The Balaban J connectivity index is 1.84. The van der Waals surface area contributed by atoms with E-state index in [1.807, 2.05) is 18.2 Å². The molecule has 2 heterocycles. The fourth-order valence-corrected chi connectivity index (χ4v) is 2.05. The molecule has 0 saturated carbocycles. The van der Waals surface area contributed by atoms with Crippen molar-refractivity contribution >= 4 is 5.84 Å². The molecule has 1 aliphatic heterocycles. The summed E-state index contributed by atoms with van der Waals surface area (Å²) in [5, 5.41) is 3.07. The molecular weight excluding hydrogens is 257 g/mol. The molecule has 1 N–H and O–H groups in total. The number of hydrogen-bond acceptors (Lipinski definition) is 4. The van der Waals surface area contributed by atoms with Gasteiger partial charge in [-0.25, -0.2) is 4.39 Å². The van der Waals surface area contributed by atoms with Gasteiger partial charge in [0.15, 0.2) is 0 Å². The van der Waals surface area contributed by atoms with E-state index in [0.29, 0.717) is 30.3 Å². The summed E-state index contributed by atoms with van der Waals surface area (Å²) >= 11 is 0. The van der Waals surface area contributed by atoms with Gasteiger partial charge >= 0.3 is 0 Å². The average molecular weight is 271 g/mol. The molecule has 3 rings (SSSR count). The summed E-state index contributed by atoms with van der Waals surface area (Å²) in [7, 11) is 0. The second-order valence-electron chi connectivity index (χ2n) is 4.38.